The normalized spacial score (nSPS) is 21.1. The van der Waals surface area contributed by atoms with Crippen LogP contribution in [0.25, 0.3) is 0 Å². The average molecular weight is 228 g/mol. The van der Waals surface area contributed by atoms with E-state index in [2.05, 4.69) is 10.2 Å². The van der Waals surface area contributed by atoms with Gasteiger partial charge in [-0.2, -0.15) is 0 Å². The van der Waals surface area contributed by atoms with Crippen LogP contribution in [0.1, 0.15) is 32.1 Å². The molecule has 1 N–H and O–H groups in total. The van der Waals surface area contributed by atoms with Gasteiger partial charge in [0.1, 0.15) is 0 Å². The van der Waals surface area contributed by atoms with E-state index < -0.39 is 0 Å². The summed E-state index contributed by atoms with van der Waals surface area (Å²) in [6.07, 6.45) is 4.98. The number of nitrogens with zero attached hydrogens (tertiary/aromatic N) is 1. The fourth-order valence-electron chi connectivity index (χ4n) is 2.29. The molecule has 4 nitrogen and oxygen atoms in total. The summed E-state index contributed by atoms with van der Waals surface area (Å²) in [5.41, 5.74) is 0. The number of amides is 1. The monoisotopic (exact) mass is 228 g/mol. The van der Waals surface area contributed by atoms with Gasteiger partial charge in [0.15, 0.2) is 0 Å². The van der Waals surface area contributed by atoms with Crippen molar-refractivity contribution in [3.05, 3.63) is 0 Å². The minimum atomic E-state index is 0.289. The summed E-state index contributed by atoms with van der Waals surface area (Å²) in [6.45, 7) is 2.52. The predicted molar refractivity (Wildman–Crippen MR) is 64.4 cm³/mol. The first-order valence-corrected chi connectivity index (χ1v) is 6.22. The summed E-state index contributed by atoms with van der Waals surface area (Å²) in [5, 5.41) is 3.17. The van der Waals surface area contributed by atoms with Crippen LogP contribution in [0.15, 0.2) is 0 Å². The number of carbonyl (C=O) groups excluding carboxylic acids is 1. The lowest BCUT2D eigenvalue weighted by atomic mass is 10.0. The van der Waals surface area contributed by atoms with E-state index in [0.717, 1.165) is 32.4 Å². The average Bonchev–Trinajstić information content (AvgIpc) is 2.30. The van der Waals surface area contributed by atoms with E-state index in [-0.39, 0.29) is 5.91 Å². The molecule has 1 fully saturated rings. The molecule has 0 aromatic rings. The van der Waals surface area contributed by atoms with Crippen LogP contribution in [0.4, 0.5) is 0 Å². The SMILES string of the molecule is CNCC1CCCCN1C(=O)CCCOC. The van der Waals surface area contributed by atoms with Crippen molar-refractivity contribution in [1.82, 2.24) is 10.2 Å². The molecule has 1 atom stereocenters. The lowest BCUT2D eigenvalue weighted by Crippen LogP contribution is -2.48. The molecule has 0 saturated carbocycles. The standard InChI is InChI=1S/C12H24N2O2/c1-13-10-11-6-3-4-8-14(11)12(15)7-5-9-16-2/h11,13H,3-10H2,1-2H3. The highest BCUT2D eigenvalue weighted by molar-refractivity contribution is 5.76. The van der Waals surface area contributed by atoms with Gasteiger partial charge in [-0.05, 0) is 32.7 Å². The summed E-state index contributed by atoms with van der Waals surface area (Å²) >= 11 is 0. The number of carbonyl (C=O) groups is 1. The molecule has 0 spiro atoms. The Morgan fingerprint density at radius 3 is 3.00 bits per heavy atom. The van der Waals surface area contributed by atoms with Crippen molar-refractivity contribution >= 4 is 5.91 Å². The van der Waals surface area contributed by atoms with Crippen molar-refractivity contribution in [3.63, 3.8) is 0 Å². The molecule has 1 rings (SSSR count). The van der Waals surface area contributed by atoms with E-state index >= 15 is 0 Å². The fourth-order valence-corrected chi connectivity index (χ4v) is 2.29. The minimum absolute atomic E-state index is 0.289. The Kier molecular flexibility index (Phi) is 6.42. The maximum atomic E-state index is 12.0. The van der Waals surface area contributed by atoms with E-state index in [1.54, 1.807) is 7.11 Å². The zero-order valence-electron chi connectivity index (χ0n) is 10.5. The summed E-state index contributed by atoms with van der Waals surface area (Å²) in [4.78, 5) is 14.1. The first-order chi connectivity index (χ1) is 7.79. The zero-order chi connectivity index (χ0) is 11.8. The van der Waals surface area contributed by atoms with Crippen molar-refractivity contribution in [2.45, 2.75) is 38.1 Å². The first-order valence-electron chi connectivity index (χ1n) is 6.22. The smallest absolute Gasteiger partial charge is 0.222 e. The number of ether oxygens (including phenoxy) is 1. The van der Waals surface area contributed by atoms with Gasteiger partial charge in [-0.1, -0.05) is 0 Å². The van der Waals surface area contributed by atoms with E-state index in [0.29, 0.717) is 19.1 Å². The van der Waals surface area contributed by atoms with Gasteiger partial charge in [-0.25, -0.2) is 0 Å². The molecular formula is C12H24N2O2. The van der Waals surface area contributed by atoms with Crippen molar-refractivity contribution in [1.29, 1.82) is 0 Å². The van der Waals surface area contributed by atoms with Gasteiger partial charge in [0.25, 0.3) is 0 Å². The van der Waals surface area contributed by atoms with E-state index in [1.807, 2.05) is 7.05 Å². The molecule has 0 aliphatic carbocycles. The number of hydrogen-bond donors (Lipinski definition) is 1. The van der Waals surface area contributed by atoms with Crippen LogP contribution >= 0.6 is 0 Å². The first kappa shape index (κ1) is 13.5. The second kappa shape index (κ2) is 7.63. The second-order valence-corrected chi connectivity index (χ2v) is 4.39. The second-order valence-electron chi connectivity index (χ2n) is 4.39. The number of hydrogen-bond acceptors (Lipinski definition) is 3. The van der Waals surface area contributed by atoms with Crippen LogP contribution < -0.4 is 5.32 Å². The van der Waals surface area contributed by atoms with Crippen molar-refractivity contribution in [2.75, 3.05) is 33.9 Å². The highest BCUT2D eigenvalue weighted by Crippen LogP contribution is 2.17. The Balaban J connectivity index is 2.37. The molecule has 0 bridgehead atoms. The van der Waals surface area contributed by atoms with Crippen molar-refractivity contribution in [3.8, 4) is 0 Å². The zero-order valence-corrected chi connectivity index (χ0v) is 10.5. The molecule has 1 aliphatic heterocycles. The molecule has 1 saturated heterocycles. The summed E-state index contributed by atoms with van der Waals surface area (Å²) in [7, 11) is 3.62. The van der Waals surface area contributed by atoms with E-state index in [1.165, 1.54) is 6.42 Å². The molecule has 16 heavy (non-hydrogen) atoms. The number of piperidine rings is 1. The van der Waals surface area contributed by atoms with Crippen LogP contribution in [0.2, 0.25) is 0 Å². The van der Waals surface area contributed by atoms with E-state index in [9.17, 15) is 4.79 Å². The summed E-state index contributed by atoms with van der Waals surface area (Å²) in [5.74, 6) is 0.289. The Bertz CT molecular complexity index is 207. The maximum absolute atomic E-state index is 12.0. The summed E-state index contributed by atoms with van der Waals surface area (Å²) < 4.78 is 4.97. The molecule has 0 aromatic carbocycles. The Labute approximate surface area is 98.3 Å². The third kappa shape index (κ3) is 4.10. The topological polar surface area (TPSA) is 41.6 Å². The highest BCUT2D eigenvalue weighted by atomic mass is 16.5. The number of nitrogens with one attached hydrogen (secondary N) is 1. The van der Waals surface area contributed by atoms with Gasteiger partial charge in [-0.15, -0.1) is 0 Å². The van der Waals surface area contributed by atoms with Crippen LogP contribution in [0, 0.1) is 0 Å². The number of rotatable bonds is 6. The number of methoxy groups -OCH3 is 1. The molecule has 94 valence electrons. The molecule has 1 aliphatic rings. The number of likely N-dealkylation sites (N-methyl/N-ethyl adjacent to an activating group) is 1. The molecule has 1 unspecified atom stereocenters. The maximum Gasteiger partial charge on any atom is 0.222 e. The van der Waals surface area contributed by atoms with Gasteiger partial charge in [0, 0.05) is 39.3 Å². The van der Waals surface area contributed by atoms with Gasteiger partial charge >= 0.3 is 0 Å². The predicted octanol–water partition coefficient (Wildman–Crippen LogP) is 1.01. The highest BCUT2D eigenvalue weighted by Gasteiger charge is 2.25. The van der Waals surface area contributed by atoms with Crippen molar-refractivity contribution < 1.29 is 9.53 Å². The Morgan fingerprint density at radius 2 is 2.31 bits per heavy atom. The molecule has 1 amide bonds. The largest absolute Gasteiger partial charge is 0.385 e. The molecule has 1 heterocycles. The fraction of sp³-hybridized carbons (Fsp3) is 0.917. The lowest BCUT2D eigenvalue weighted by Gasteiger charge is -2.35. The Hall–Kier alpha value is -0.610. The van der Waals surface area contributed by atoms with Crippen LogP contribution in [-0.2, 0) is 9.53 Å². The Morgan fingerprint density at radius 1 is 1.50 bits per heavy atom. The summed E-state index contributed by atoms with van der Waals surface area (Å²) in [6, 6.07) is 0.397. The third-order valence-corrected chi connectivity index (χ3v) is 3.13. The number of likely N-dealkylation sites (tertiary alicyclic amines) is 1. The quantitative estimate of drug-likeness (QED) is 0.690. The van der Waals surface area contributed by atoms with Crippen LogP contribution in [-0.4, -0.2) is 50.7 Å². The lowest BCUT2D eigenvalue weighted by molar-refractivity contribution is -0.135. The van der Waals surface area contributed by atoms with Crippen LogP contribution in [0.3, 0.4) is 0 Å². The molecule has 0 aromatic heterocycles. The van der Waals surface area contributed by atoms with Gasteiger partial charge < -0.3 is 15.0 Å². The molecular weight excluding hydrogens is 204 g/mol. The minimum Gasteiger partial charge on any atom is -0.385 e. The molecule has 0 radical (unpaired) electrons. The van der Waals surface area contributed by atoms with E-state index in [4.69, 9.17) is 4.74 Å². The van der Waals surface area contributed by atoms with Gasteiger partial charge in [-0.3, -0.25) is 4.79 Å². The van der Waals surface area contributed by atoms with Gasteiger partial charge in [0.05, 0.1) is 0 Å². The van der Waals surface area contributed by atoms with Crippen molar-refractivity contribution in [2.24, 2.45) is 0 Å². The van der Waals surface area contributed by atoms with Gasteiger partial charge in [0.2, 0.25) is 5.91 Å². The van der Waals surface area contributed by atoms with Crippen LogP contribution in [0.5, 0.6) is 0 Å². The third-order valence-electron chi connectivity index (χ3n) is 3.13. The molecule has 4 heteroatoms.